The maximum Gasteiger partial charge on any atom is 0.248 e. The Morgan fingerprint density at radius 1 is 1.21 bits per heavy atom. The van der Waals surface area contributed by atoms with Crippen molar-refractivity contribution < 1.29 is 4.79 Å². The molecule has 0 bridgehead atoms. The maximum atomic E-state index is 11.0. The van der Waals surface area contributed by atoms with E-state index < -0.39 is 0 Å². The molecular weight excluding hydrogens is 238 g/mol. The second-order valence-electron chi connectivity index (χ2n) is 4.69. The molecule has 0 atom stereocenters. The number of piperazine rings is 1. The van der Waals surface area contributed by atoms with Gasteiger partial charge in [-0.25, -0.2) is 0 Å². The maximum absolute atomic E-state index is 11.0. The van der Waals surface area contributed by atoms with Crippen LogP contribution in [0.15, 0.2) is 24.3 Å². The SMILES string of the molecule is CC#CN1CCN(Cc2ccc(C(N)=O)cc2)CC1. The molecule has 0 aromatic heterocycles. The van der Waals surface area contributed by atoms with Crippen LogP contribution in [-0.2, 0) is 6.54 Å². The van der Waals surface area contributed by atoms with Crippen molar-refractivity contribution in [1.29, 1.82) is 0 Å². The molecule has 100 valence electrons. The summed E-state index contributed by atoms with van der Waals surface area (Å²) in [7, 11) is 0. The fraction of sp³-hybridized carbons (Fsp3) is 0.400. The molecule has 1 aliphatic rings. The Balaban J connectivity index is 1.88. The minimum Gasteiger partial charge on any atom is -0.366 e. The van der Waals surface area contributed by atoms with Crippen LogP contribution in [0.1, 0.15) is 22.8 Å². The Hall–Kier alpha value is -1.99. The number of hydrogen-bond acceptors (Lipinski definition) is 3. The van der Waals surface area contributed by atoms with Crippen LogP contribution in [0.5, 0.6) is 0 Å². The number of primary amides is 1. The van der Waals surface area contributed by atoms with Gasteiger partial charge >= 0.3 is 0 Å². The summed E-state index contributed by atoms with van der Waals surface area (Å²) in [4.78, 5) is 15.5. The first-order valence-corrected chi connectivity index (χ1v) is 6.47. The molecule has 1 fully saturated rings. The molecule has 1 aromatic carbocycles. The van der Waals surface area contributed by atoms with Crippen LogP contribution in [0.3, 0.4) is 0 Å². The highest BCUT2D eigenvalue weighted by Crippen LogP contribution is 2.09. The van der Waals surface area contributed by atoms with Gasteiger partial charge in [-0.15, -0.1) is 0 Å². The molecule has 0 spiro atoms. The van der Waals surface area contributed by atoms with Crippen LogP contribution in [0.4, 0.5) is 0 Å². The van der Waals surface area contributed by atoms with Crippen molar-refractivity contribution in [2.24, 2.45) is 5.73 Å². The number of rotatable bonds is 3. The van der Waals surface area contributed by atoms with Crippen molar-refractivity contribution in [3.05, 3.63) is 35.4 Å². The monoisotopic (exact) mass is 257 g/mol. The van der Waals surface area contributed by atoms with Crippen molar-refractivity contribution in [3.63, 3.8) is 0 Å². The van der Waals surface area contributed by atoms with Gasteiger partial charge in [-0.05, 0) is 24.6 Å². The summed E-state index contributed by atoms with van der Waals surface area (Å²) >= 11 is 0. The first kappa shape index (κ1) is 13.4. The predicted octanol–water partition coefficient (Wildman–Crippen LogP) is 0.884. The smallest absolute Gasteiger partial charge is 0.248 e. The molecule has 0 aliphatic carbocycles. The number of amides is 1. The van der Waals surface area contributed by atoms with E-state index in [2.05, 4.69) is 21.8 Å². The van der Waals surface area contributed by atoms with E-state index >= 15 is 0 Å². The Bertz CT molecular complexity index is 490. The lowest BCUT2D eigenvalue weighted by atomic mass is 10.1. The predicted molar refractivity (Wildman–Crippen MR) is 75.3 cm³/mol. The second-order valence-corrected chi connectivity index (χ2v) is 4.69. The summed E-state index contributed by atoms with van der Waals surface area (Å²) < 4.78 is 0. The lowest BCUT2D eigenvalue weighted by Gasteiger charge is -2.32. The molecule has 1 saturated heterocycles. The van der Waals surface area contributed by atoms with E-state index in [4.69, 9.17) is 5.73 Å². The largest absolute Gasteiger partial charge is 0.366 e. The van der Waals surface area contributed by atoms with E-state index in [-0.39, 0.29) is 5.91 Å². The summed E-state index contributed by atoms with van der Waals surface area (Å²) in [6, 6.07) is 10.6. The summed E-state index contributed by atoms with van der Waals surface area (Å²) in [5.74, 6) is 2.56. The third-order valence-electron chi connectivity index (χ3n) is 3.29. The molecule has 1 heterocycles. The summed E-state index contributed by atoms with van der Waals surface area (Å²) in [5.41, 5.74) is 6.99. The molecule has 19 heavy (non-hydrogen) atoms. The molecule has 0 saturated carbocycles. The van der Waals surface area contributed by atoms with Crippen LogP contribution in [-0.4, -0.2) is 41.9 Å². The van der Waals surface area contributed by atoms with Crippen LogP contribution >= 0.6 is 0 Å². The van der Waals surface area contributed by atoms with Crippen molar-refractivity contribution in [2.45, 2.75) is 13.5 Å². The van der Waals surface area contributed by atoms with Crippen LogP contribution in [0.2, 0.25) is 0 Å². The fourth-order valence-electron chi connectivity index (χ4n) is 2.21. The third-order valence-corrected chi connectivity index (χ3v) is 3.29. The molecule has 4 heteroatoms. The lowest BCUT2D eigenvalue weighted by molar-refractivity contribution is 0.100. The van der Waals surface area contributed by atoms with Gasteiger partial charge in [0.25, 0.3) is 0 Å². The highest BCUT2D eigenvalue weighted by atomic mass is 16.1. The molecule has 1 amide bonds. The number of carbonyl (C=O) groups is 1. The zero-order valence-corrected chi connectivity index (χ0v) is 11.2. The van der Waals surface area contributed by atoms with Gasteiger partial charge in [0.15, 0.2) is 0 Å². The number of benzene rings is 1. The minimum absolute atomic E-state index is 0.377. The number of hydrogen-bond donors (Lipinski definition) is 1. The zero-order chi connectivity index (χ0) is 13.7. The van der Waals surface area contributed by atoms with E-state index in [1.165, 1.54) is 5.56 Å². The lowest BCUT2D eigenvalue weighted by Crippen LogP contribution is -2.43. The van der Waals surface area contributed by atoms with Crippen molar-refractivity contribution in [2.75, 3.05) is 26.2 Å². The van der Waals surface area contributed by atoms with Crippen molar-refractivity contribution in [1.82, 2.24) is 9.80 Å². The van der Waals surface area contributed by atoms with Gasteiger partial charge < -0.3 is 10.6 Å². The molecule has 1 aromatic rings. The Morgan fingerprint density at radius 3 is 2.37 bits per heavy atom. The molecule has 0 radical (unpaired) electrons. The highest BCUT2D eigenvalue weighted by Gasteiger charge is 2.14. The summed E-state index contributed by atoms with van der Waals surface area (Å²) in [6.45, 7) is 6.79. The van der Waals surface area contributed by atoms with Crippen molar-refractivity contribution in [3.8, 4) is 12.0 Å². The van der Waals surface area contributed by atoms with Gasteiger partial charge in [0.2, 0.25) is 5.91 Å². The normalized spacial score (nSPS) is 15.7. The first-order valence-electron chi connectivity index (χ1n) is 6.47. The first-order chi connectivity index (χ1) is 9.19. The van der Waals surface area contributed by atoms with Gasteiger partial charge in [0.1, 0.15) is 0 Å². The quantitative estimate of drug-likeness (QED) is 0.818. The van der Waals surface area contributed by atoms with Crippen LogP contribution in [0, 0.1) is 12.0 Å². The number of carbonyl (C=O) groups excluding carboxylic acids is 1. The van der Waals surface area contributed by atoms with Gasteiger partial charge in [0, 0.05) is 44.3 Å². The summed E-state index contributed by atoms with van der Waals surface area (Å²) in [6.07, 6.45) is 0. The van der Waals surface area contributed by atoms with E-state index in [0.717, 1.165) is 32.7 Å². The van der Waals surface area contributed by atoms with Gasteiger partial charge in [0.05, 0.1) is 0 Å². The standard InChI is InChI=1S/C15H19N3O/c1-2-7-17-8-10-18(11-9-17)12-13-3-5-14(6-4-13)15(16)19/h3-6H,8-12H2,1H3,(H2,16,19). The van der Waals surface area contributed by atoms with Crippen molar-refractivity contribution >= 4 is 5.91 Å². The fourth-order valence-corrected chi connectivity index (χ4v) is 2.21. The highest BCUT2D eigenvalue weighted by molar-refractivity contribution is 5.92. The van der Waals surface area contributed by atoms with E-state index in [9.17, 15) is 4.79 Å². The summed E-state index contributed by atoms with van der Waals surface area (Å²) in [5, 5.41) is 0. The zero-order valence-electron chi connectivity index (χ0n) is 11.2. The van der Waals surface area contributed by atoms with Gasteiger partial charge in [-0.3, -0.25) is 9.69 Å². The number of nitrogens with zero attached hydrogens (tertiary/aromatic N) is 2. The molecule has 2 N–H and O–H groups in total. The molecule has 0 unspecified atom stereocenters. The number of nitrogens with two attached hydrogens (primary N) is 1. The third kappa shape index (κ3) is 3.73. The van der Waals surface area contributed by atoms with Crippen LogP contribution in [0.25, 0.3) is 0 Å². The molecular formula is C15H19N3O. The Morgan fingerprint density at radius 2 is 1.84 bits per heavy atom. The van der Waals surface area contributed by atoms with E-state index in [1.807, 2.05) is 19.1 Å². The average Bonchev–Trinajstić information content (AvgIpc) is 2.42. The molecule has 2 rings (SSSR count). The van der Waals surface area contributed by atoms with E-state index in [0.29, 0.717) is 5.56 Å². The average molecular weight is 257 g/mol. The molecule has 4 nitrogen and oxygen atoms in total. The Kier molecular flexibility index (Phi) is 4.43. The topological polar surface area (TPSA) is 49.6 Å². The van der Waals surface area contributed by atoms with Gasteiger partial charge in [-0.1, -0.05) is 18.1 Å². The molecule has 1 aliphatic heterocycles. The van der Waals surface area contributed by atoms with Crippen LogP contribution < -0.4 is 5.73 Å². The van der Waals surface area contributed by atoms with E-state index in [1.54, 1.807) is 12.1 Å². The Labute approximate surface area is 114 Å². The minimum atomic E-state index is -0.377. The second kappa shape index (κ2) is 6.26. The van der Waals surface area contributed by atoms with Gasteiger partial charge in [-0.2, -0.15) is 0 Å².